The highest BCUT2D eigenvalue weighted by Gasteiger charge is 2.04. The summed E-state index contributed by atoms with van der Waals surface area (Å²) in [6.07, 6.45) is 2.34. The Kier molecular flexibility index (Phi) is 5.72. The van der Waals surface area contributed by atoms with Crippen LogP contribution in [-0.2, 0) is 11.2 Å². The van der Waals surface area contributed by atoms with E-state index in [2.05, 4.69) is 26.2 Å². The number of anilines is 1. The predicted octanol–water partition coefficient (Wildman–Crippen LogP) is 3.77. The highest BCUT2D eigenvalue weighted by atomic mass is 79.9. The molecule has 22 heavy (non-hydrogen) atoms. The first-order valence-electron chi connectivity index (χ1n) is 6.96. The standard InChI is InChI=1S/C17H17BrN2O2/c1-2-12-5-3-4-6-15(12)20-17(22)11-19-10-13-9-14(18)7-8-16(13)21/h3-10,21H,2,11H2,1H3,(H,20,22). The molecule has 0 fully saturated rings. The minimum atomic E-state index is -0.188. The van der Waals surface area contributed by atoms with Crippen molar-refractivity contribution in [3.05, 3.63) is 58.1 Å². The number of para-hydroxylation sites is 1. The predicted molar refractivity (Wildman–Crippen MR) is 92.7 cm³/mol. The van der Waals surface area contributed by atoms with Gasteiger partial charge in [-0.3, -0.25) is 9.79 Å². The molecule has 0 saturated heterocycles. The minimum absolute atomic E-state index is 0.00397. The average molecular weight is 361 g/mol. The third-order valence-electron chi connectivity index (χ3n) is 3.13. The highest BCUT2D eigenvalue weighted by Crippen LogP contribution is 2.20. The van der Waals surface area contributed by atoms with Crippen molar-refractivity contribution in [1.29, 1.82) is 0 Å². The normalized spacial score (nSPS) is 10.8. The molecule has 0 aliphatic carbocycles. The number of amides is 1. The third kappa shape index (κ3) is 4.43. The second-order valence-corrected chi connectivity index (χ2v) is 5.65. The van der Waals surface area contributed by atoms with Gasteiger partial charge >= 0.3 is 0 Å². The first-order valence-corrected chi connectivity index (χ1v) is 7.75. The zero-order chi connectivity index (χ0) is 15.9. The molecule has 0 atom stereocenters. The SMILES string of the molecule is CCc1ccccc1NC(=O)CN=Cc1cc(Br)ccc1O. The Morgan fingerprint density at radius 2 is 2.09 bits per heavy atom. The molecular weight excluding hydrogens is 344 g/mol. The van der Waals surface area contributed by atoms with E-state index in [1.54, 1.807) is 18.2 Å². The van der Waals surface area contributed by atoms with E-state index in [1.165, 1.54) is 6.21 Å². The number of carbonyl (C=O) groups excluding carboxylic acids is 1. The molecular formula is C17H17BrN2O2. The molecule has 2 N–H and O–H groups in total. The van der Waals surface area contributed by atoms with Crippen molar-refractivity contribution in [3.63, 3.8) is 0 Å². The summed E-state index contributed by atoms with van der Waals surface area (Å²) in [4.78, 5) is 16.0. The van der Waals surface area contributed by atoms with Crippen LogP contribution in [0.3, 0.4) is 0 Å². The number of nitrogens with zero attached hydrogens (tertiary/aromatic N) is 1. The number of aliphatic imine (C=N–C) groups is 1. The molecule has 0 spiro atoms. The first kappa shape index (κ1) is 16.2. The Morgan fingerprint density at radius 1 is 1.32 bits per heavy atom. The number of nitrogens with one attached hydrogen (secondary N) is 1. The summed E-state index contributed by atoms with van der Waals surface area (Å²) >= 11 is 3.33. The lowest BCUT2D eigenvalue weighted by Crippen LogP contribution is -2.16. The molecule has 1 amide bonds. The topological polar surface area (TPSA) is 61.7 Å². The number of phenolic OH excluding ortho intramolecular Hbond substituents is 1. The fourth-order valence-electron chi connectivity index (χ4n) is 2.00. The van der Waals surface area contributed by atoms with Crippen molar-refractivity contribution >= 4 is 33.7 Å². The molecule has 0 radical (unpaired) electrons. The monoisotopic (exact) mass is 360 g/mol. The molecule has 0 heterocycles. The molecule has 4 nitrogen and oxygen atoms in total. The number of aryl methyl sites for hydroxylation is 1. The van der Waals surface area contributed by atoms with Gasteiger partial charge in [-0.1, -0.05) is 41.1 Å². The summed E-state index contributed by atoms with van der Waals surface area (Å²) in [5.41, 5.74) is 2.47. The van der Waals surface area contributed by atoms with Crippen LogP contribution in [0.5, 0.6) is 5.75 Å². The van der Waals surface area contributed by atoms with E-state index in [4.69, 9.17) is 0 Å². The largest absolute Gasteiger partial charge is 0.507 e. The van der Waals surface area contributed by atoms with Crippen LogP contribution >= 0.6 is 15.9 Å². The molecule has 2 aromatic rings. The molecule has 5 heteroatoms. The molecule has 114 valence electrons. The first-order chi connectivity index (χ1) is 10.6. The van der Waals surface area contributed by atoms with E-state index < -0.39 is 0 Å². The zero-order valence-electron chi connectivity index (χ0n) is 12.2. The lowest BCUT2D eigenvalue weighted by molar-refractivity contribution is -0.114. The molecule has 0 aromatic heterocycles. The summed E-state index contributed by atoms with van der Waals surface area (Å²) in [5, 5.41) is 12.5. The van der Waals surface area contributed by atoms with Gasteiger partial charge in [-0.05, 0) is 36.2 Å². The van der Waals surface area contributed by atoms with Crippen LogP contribution in [-0.4, -0.2) is 23.8 Å². The lowest BCUT2D eigenvalue weighted by Gasteiger charge is -2.08. The van der Waals surface area contributed by atoms with Crippen molar-refractivity contribution < 1.29 is 9.90 Å². The van der Waals surface area contributed by atoms with Gasteiger partial charge in [0.25, 0.3) is 0 Å². The Labute approximate surface area is 138 Å². The number of hydrogen-bond acceptors (Lipinski definition) is 3. The van der Waals surface area contributed by atoms with Gasteiger partial charge in [-0.2, -0.15) is 0 Å². The maximum atomic E-state index is 11.9. The van der Waals surface area contributed by atoms with Gasteiger partial charge in [-0.15, -0.1) is 0 Å². The Morgan fingerprint density at radius 3 is 2.86 bits per heavy atom. The van der Waals surface area contributed by atoms with Crippen LogP contribution < -0.4 is 5.32 Å². The van der Waals surface area contributed by atoms with Crippen LogP contribution in [0.1, 0.15) is 18.1 Å². The van der Waals surface area contributed by atoms with E-state index in [-0.39, 0.29) is 18.2 Å². The van der Waals surface area contributed by atoms with Crippen molar-refractivity contribution in [3.8, 4) is 5.75 Å². The number of benzene rings is 2. The molecule has 0 aliphatic rings. The zero-order valence-corrected chi connectivity index (χ0v) is 13.8. The molecule has 0 saturated carbocycles. The quantitative estimate of drug-likeness (QED) is 0.797. The summed E-state index contributed by atoms with van der Waals surface area (Å²) in [6, 6.07) is 12.7. The van der Waals surface area contributed by atoms with Crippen LogP contribution in [0, 0.1) is 0 Å². The number of carbonyl (C=O) groups is 1. The second kappa shape index (κ2) is 7.75. The summed E-state index contributed by atoms with van der Waals surface area (Å²) in [6.45, 7) is 2.04. The van der Waals surface area contributed by atoms with Gasteiger partial charge in [0.2, 0.25) is 5.91 Å². The smallest absolute Gasteiger partial charge is 0.246 e. The van der Waals surface area contributed by atoms with E-state index in [0.29, 0.717) is 5.56 Å². The molecule has 0 bridgehead atoms. The Balaban J connectivity index is 1.98. The van der Waals surface area contributed by atoms with Gasteiger partial charge in [0.1, 0.15) is 12.3 Å². The van der Waals surface area contributed by atoms with Crippen LogP contribution in [0.25, 0.3) is 0 Å². The molecule has 0 unspecified atom stereocenters. The fourth-order valence-corrected chi connectivity index (χ4v) is 2.37. The van der Waals surface area contributed by atoms with Gasteiger partial charge < -0.3 is 10.4 Å². The molecule has 0 aliphatic heterocycles. The van der Waals surface area contributed by atoms with Crippen LogP contribution in [0.2, 0.25) is 0 Å². The molecule has 2 rings (SSSR count). The van der Waals surface area contributed by atoms with Gasteiger partial charge in [-0.25, -0.2) is 0 Å². The van der Waals surface area contributed by atoms with Crippen molar-refractivity contribution in [1.82, 2.24) is 0 Å². The van der Waals surface area contributed by atoms with E-state index in [9.17, 15) is 9.90 Å². The maximum Gasteiger partial charge on any atom is 0.246 e. The second-order valence-electron chi connectivity index (χ2n) is 4.73. The van der Waals surface area contributed by atoms with Gasteiger partial charge in [0.05, 0.1) is 0 Å². The summed E-state index contributed by atoms with van der Waals surface area (Å²) in [5.74, 6) is -0.0599. The molecule has 2 aromatic carbocycles. The fraction of sp³-hybridized carbons (Fsp3) is 0.176. The van der Waals surface area contributed by atoms with Gasteiger partial charge in [0.15, 0.2) is 0 Å². The average Bonchev–Trinajstić information content (AvgIpc) is 2.51. The number of aromatic hydroxyl groups is 1. The van der Waals surface area contributed by atoms with Crippen LogP contribution in [0.15, 0.2) is 51.9 Å². The number of rotatable bonds is 5. The highest BCUT2D eigenvalue weighted by molar-refractivity contribution is 9.10. The van der Waals surface area contributed by atoms with E-state index in [1.807, 2.05) is 31.2 Å². The number of halogens is 1. The summed E-state index contributed by atoms with van der Waals surface area (Å²) < 4.78 is 0.841. The minimum Gasteiger partial charge on any atom is -0.507 e. The number of phenols is 1. The van der Waals surface area contributed by atoms with E-state index >= 15 is 0 Å². The van der Waals surface area contributed by atoms with Gasteiger partial charge in [0, 0.05) is 21.9 Å². The lowest BCUT2D eigenvalue weighted by atomic mass is 10.1. The summed E-state index contributed by atoms with van der Waals surface area (Å²) in [7, 11) is 0. The Bertz CT molecular complexity index is 699. The Hall–Kier alpha value is -2.14. The van der Waals surface area contributed by atoms with Crippen molar-refractivity contribution in [2.24, 2.45) is 4.99 Å². The maximum absolute atomic E-state index is 11.9. The third-order valence-corrected chi connectivity index (χ3v) is 3.62. The van der Waals surface area contributed by atoms with E-state index in [0.717, 1.165) is 22.1 Å². The van der Waals surface area contributed by atoms with Crippen molar-refractivity contribution in [2.45, 2.75) is 13.3 Å². The van der Waals surface area contributed by atoms with Crippen LogP contribution in [0.4, 0.5) is 5.69 Å². The van der Waals surface area contributed by atoms with Crippen molar-refractivity contribution in [2.75, 3.05) is 11.9 Å². The number of hydrogen-bond donors (Lipinski definition) is 2.